The van der Waals surface area contributed by atoms with Gasteiger partial charge in [0.2, 0.25) is 0 Å². The molecule has 0 heterocycles. The molecule has 14 heavy (non-hydrogen) atoms. The molecule has 0 aliphatic rings. The molecule has 0 atom stereocenters. The van der Waals surface area contributed by atoms with Crippen LogP contribution in [0.25, 0.3) is 0 Å². The monoisotopic (exact) mass is 528 g/mol. The van der Waals surface area contributed by atoms with E-state index >= 15 is 0 Å². The van der Waals surface area contributed by atoms with Crippen molar-refractivity contribution in [1.82, 2.24) is 0 Å². The Morgan fingerprint density at radius 2 is 0.500 bits per heavy atom. The van der Waals surface area contributed by atoms with Gasteiger partial charge in [-0.15, -0.1) is 0 Å². The van der Waals surface area contributed by atoms with Crippen LogP contribution in [0.2, 0.25) is 0 Å². The molecule has 0 fully saturated rings. The van der Waals surface area contributed by atoms with Crippen molar-refractivity contribution < 1.29 is 139 Å². The average molecular weight is 526 g/mol. The number of carbonyl (C=O) groups excluding carboxylic acids is 3. The van der Waals surface area contributed by atoms with E-state index in [4.69, 9.17) is 45.0 Å². The molecule has 0 saturated heterocycles. The molecular formula is C3O9Yb2. The van der Waals surface area contributed by atoms with Crippen LogP contribution in [0.1, 0.15) is 0 Å². The first-order valence-electron chi connectivity index (χ1n) is 1.84. The SMILES string of the molecule is O=C([O-])[O-].O=C([O-])[O-].O=C([O-])[O-].[Yb+3].[Yb+3]. The molecule has 0 aromatic rings. The zero-order chi connectivity index (χ0) is 10.7. The van der Waals surface area contributed by atoms with Crippen LogP contribution in [0.4, 0.5) is 14.4 Å². The summed E-state index contributed by atoms with van der Waals surface area (Å²) in [5.74, 6) is 0. The summed E-state index contributed by atoms with van der Waals surface area (Å²) in [6.45, 7) is 0. The van der Waals surface area contributed by atoms with E-state index in [1.807, 2.05) is 0 Å². The fourth-order valence-corrected chi connectivity index (χ4v) is 0. The van der Waals surface area contributed by atoms with Crippen LogP contribution in [0.5, 0.6) is 0 Å². The molecule has 94 valence electrons. The Bertz CT molecular complexity index is 116. The van der Waals surface area contributed by atoms with Crippen molar-refractivity contribution in [3.05, 3.63) is 0 Å². The molecule has 0 aromatic heterocycles. The van der Waals surface area contributed by atoms with Crippen molar-refractivity contribution in [3.8, 4) is 0 Å². The third kappa shape index (κ3) is 2500. The van der Waals surface area contributed by atoms with E-state index in [-0.39, 0.29) is 93.8 Å². The van der Waals surface area contributed by atoms with E-state index in [1.165, 1.54) is 0 Å². The Morgan fingerprint density at radius 1 is 0.500 bits per heavy atom. The third-order valence-corrected chi connectivity index (χ3v) is 0. The van der Waals surface area contributed by atoms with Gasteiger partial charge >= 0.3 is 93.8 Å². The molecule has 0 aromatic carbocycles. The largest absolute Gasteiger partial charge is 3.00 e. The van der Waals surface area contributed by atoms with Crippen LogP contribution in [0.15, 0.2) is 0 Å². The molecule has 0 N–H and O–H groups in total. The predicted octanol–water partition coefficient (Wildman–Crippen LogP) is -7.34. The molecule has 0 amide bonds. The number of carboxylic acid groups (broad SMARTS) is 6. The van der Waals surface area contributed by atoms with Gasteiger partial charge in [-0.05, 0) is 18.5 Å². The topological polar surface area (TPSA) is 190 Å². The van der Waals surface area contributed by atoms with Crippen LogP contribution < -0.4 is 30.6 Å². The Kier molecular flexibility index (Phi) is 49.4. The summed E-state index contributed by atoms with van der Waals surface area (Å²) in [6, 6.07) is 0. The zero-order valence-electron chi connectivity index (χ0n) is 5.71. The van der Waals surface area contributed by atoms with Crippen molar-refractivity contribution in [2.24, 2.45) is 0 Å². The van der Waals surface area contributed by atoms with Gasteiger partial charge in [0, 0.05) is 0 Å². The second-order valence-electron chi connectivity index (χ2n) is 0.750. The van der Waals surface area contributed by atoms with Gasteiger partial charge in [-0.3, -0.25) is 0 Å². The molecule has 0 spiro atoms. The second kappa shape index (κ2) is 23.6. The standard InChI is InChI=1S/3CH2O3.2Yb/c3*2-1(3)4;;/h3*(H2,2,3,4);;/q;;;2*+3/p-6. The molecule has 2 radical (unpaired) electrons. The Labute approximate surface area is 154 Å². The van der Waals surface area contributed by atoms with E-state index in [0.717, 1.165) is 0 Å². The summed E-state index contributed by atoms with van der Waals surface area (Å²) < 4.78 is 0. The van der Waals surface area contributed by atoms with Gasteiger partial charge in [-0.25, -0.2) is 0 Å². The molecule has 0 rings (SSSR count). The summed E-state index contributed by atoms with van der Waals surface area (Å²) in [4.78, 5) is 25.0. The minimum atomic E-state index is -2.33. The Morgan fingerprint density at radius 3 is 0.500 bits per heavy atom. The van der Waals surface area contributed by atoms with Gasteiger partial charge in [0.05, 0.1) is 0 Å². The van der Waals surface area contributed by atoms with Gasteiger partial charge in [-0.2, -0.15) is 0 Å². The quantitative estimate of drug-likeness (QED) is 0.295. The normalized spacial score (nSPS) is 5.14. The minimum Gasteiger partial charge on any atom is -0.652 e. The Hall–Kier alpha value is 0.849. The number of hydrogen-bond acceptors (Lipinski definition) is 9. The summed E-state index contributed by atoms with van der Waals surface area (Å²) in [5, 5.41) is 50.0. The second-order valence-corrected chi connectivity index (χ2v) is 0.750. The maximum absolute atomic E-state index is 8.33. The molecule has 0 bridgehead atoms. The van der Waals surface area contributed by atoms with Crippen LogP contribution in [0, 0.1) is 93.8 Å². The van der Waals surface area contributed by atoms with E-state index in [2.05, 4.69) is 0 Å². The van der Waals surface area contributed by atoms with Crippen molar-refractivity contribution >= 4 is 18.5 Å². The fourth-order valence-electron chi connectivity index (χ4n) is 0. The van der Waals surface area contributed by atoms with Crippen LogP contribution >= 0.6 is 0 Å². The number of carbonyl (C=O) groups is 3. The van der Waals surface area contributed by atoms with Gasteiger partial charge in [0.25, 0.3) is 0 Å². The van der Waals surface area contributed by atoms with Crippen molar-refractivity contribution in [2.45, 2.75) is 0 Å². The molecule has 0 aliphatic carbocycles. The zero-order valence-corrected chi connectivity index (χ0v) is 9.14. The molecule has 0 unspecified atom stereocenters. The fraction of sp³-hybridized carbons (Fsp3) is 0. The molecule has 0 aliphatic heterocycles. The summed E-state index contributed by atoms with van der Waals surface area (Å²) >= 11 is 0. The Balaban J connectivity index is -0.0000000270. The van der Waals surface area contributed by atoms with E-state index < -0.39 is 18.5 Å². The van der Waals surface area contributed by atoms with Crippen molar-refractivity contribution in [1.29, 1.82) is 0 Å². The maximum atomic E-state index is 8.33. The summed E-state index contributed by atoms with van der Waals surface area (Å²) in [7, 11) is 0. The molecule has 9 nitrogen and oxygen atoms in total. The van der Waals surface area contributed by atoms with E-state index in [9.17, 15) is 0 Å². The van der Waals surface area contributed by atoms with Crippen molar-refractivity contribution in [2.75, 3.05) is 0 Å². The van der Waals surface area contributed by atoms with Crippen LogP contribution in [0.3, 0.4) is 0 Å². The summed E-state index contributed by atoms with van der Waals surface area (Å²) in [5.41, 5.74) is 0. The van der Waals surface area contributed by atoms with Gasteiger partial charge in [-0.1, -0.05) is 0 Å². The van der Waals surface area contributed by atoms with Crippen LogP contribution in [-0.4, -0.2) is 18.5 Å². The van der Waals surface area contributed by atoms with Gasteiger partial charge in [0.15, 0.2) is 0 Å². The molecular weight excluding hydrogens is 526 g/mol. The van der Waals surface area contributed by atoms with Crippen molar-refractivity contribution in [3.63, 3.8) is 0 Å². The van der Waals surface area contributed by atoms with E-state index in [1.54, 1.807) is 0 Å². The third-order valence-electron chi connectivity index (χ3n) is 0. The minimum absolute atomic E-state index is 0. The number of hydrogen-bond donors (Lipinski definition) is 0. The predicted molar refractivity (Wildman–Crippen MR) is 16.2 cm³/mol. The molecule has 11 heteroatoms. The van der Waals surface area contributed by atoms with E-state index in [0.29, 0.717) is 0 Å². The first-order chi connectivity index (χ1) is 5.20. The maximum Gasteiger partial charge on any atom is 3.00 e. The number of rotatable bonds is 0. The first-order valence-corrected chi connectivity index (χ1v) is 1.84. The first kappa shape index (κ1) is 29.4. The van der Waals surface area contributed by atoms with Gasteiger partial charge in [0.1, 0.15) is 0 Å². The van der Waals surface area contributed by atoms with Gasteiger partial charge < -0.3 is 45.0 Å². The smallest absolute Gasteiger partial charge is 0.652 e. The molecule has 0 saturated carbocycles. The van der Waals surface area contributed by atoms with Crippen LogP contribution in [-0.2, 0) is 0 Å². The average Bonchev–Trinajstić information content (AvgIpc) is 1.54. The summed E-state index contributed by atoms with van der Waals surface area (Å²) in [6.07, 6.45) is -7.00.